The van der Waals surface area contributed by atoms with Gasteiger partial charge in [0.25, 0.3) is 11.8 Å². The van der Waals surface area contributed by atoms with E-state index in [1.54, 1.807) is 36.7 Å². The maximum absolute atomic E-state index is 13.4. The Kier molecular flexibility index (Phi) is 5.33. The summed E-state index contributed by atoms with van der Waals surface area (Å²) >= 11 is 6.11. The van der Waals surface area contributed by atoms with Crippen LogP contribution in [0.25, 0.3) is 5.57 Å². The lowest BCUT2D eigenvalue weighted by atomic mass is 10.0. The molecule has 1 aromatic heterocycles. The zero-order valence-electron chi connectivity index (χ0n) is 16.0. The minimum atomic E-state index is -0.462. The fourth-order valence-electron chi connectivity index (χ4n) is 3.25. The van der Waals surface area contributed by atoms with Crippen LogP contribution in [0.2, 0.25) is 5.02 Å². The zero-order chi connectivity index (χ0) is 21.3. The molecule has 0 aliphatic carbocycles. The van der Waals surface area contributed by atoms with Gasteiger partial charge < -0.3 is 5.32 Å². The third-order valence-electron chi connectivity index (χ3n) is 4.85. The average Bonchev–Trinajstić information content (AvgIpc) is 2.96. The van der Waals surface area contributed by atoms with E-state index in [9.17, 15) is 14.0 Å². The Morgan fingerprint density at radius 2 is 1.70 bits per heavy atom. The lowest BCUT2D eigenvalue weighted by molar-refractivity contribution is -0.137. The van der Waals surface area contributed by atoms with Crippen molar-refractivity contribution in [1.29, 1.82) is 0 Å². The maximum Gasteiger partial charge on any atom is 0.278 e. The second-order valence-corrected chi connectivity index (χ2v) is 7.33. The molecule has 30 heavy (non-hydrogen) atoms. The topological polar surface area (TPSA) is 62.3 Å². The Morgan fingerprint density at radius 1 is 1.00 bits per heavy atom. The van der Waals surface area contributed by atoms with Gasteiger partial charge in [0.05, 0.1) is 12.1 Å². The van der Waals surface area contributed by atoms with E-state index < -0.39 is 17.6 Å². The highest BCUT2D eigenvalue weighted by atomic mass is 35.5. The van der Waals surface area contributed by atoms with Crippen LogP contribution in [0, 0.1) is 12.7 Å². The molecule has 2 amide bonds. The van der Waals surface area contributed by atoms with E-state index in [1.807, 2.05) is 13.0 Å². The Bertz CT molecular complexity index is 1160. The van der Waals surface area contributed by atoms with Crippen LogP contribution in [-0.2, 0) is 16.1 Å². The molecule has 0 spiro atoms. The molecule has 1 aliphatic heterocycles. The van der Waals surface area contributed by atoms with Crippen LogP contribution in [0.15, 0.2) is 72.7 Å². The molecule has 0 bridgehead atoms. The third kappa shape index (κ3) is 3.82. The van der Waals surface area contributed by atoms with Gasteiger partial charge in [-0.25, -0.2) is 4.39 Å². The molecule has 7 heteroatoms. The van der Waals surface area contributed by atoms with E-state index in [4.69, 9.17) is 11.6 Å². The Hall–Kier alpha value is -3.51. The summed E-state index contributed by atoms with van der Waals surface area (Å²) in [4.78, 5) is 31.6. The molecule has 0 saturated carbocycles. The number of carbonyl (C=O) groups excluding carboxylic acids is 2. The van der Waals surface area contributed by atoms with Crippen LogP contribution in [-0.4, -0.2) is 21.7 Å². The molecule has 0 saturated heterocycles. The zero-order valence-corrected chi connectivity index (χ0v) is 16.8. The number of amides is 2. The number of pyridine rings is 1. The lowest BCUT2D eigenvalue weighted by Gasteiger charge is -2.15. The molecule has 150 valence electrons. The minimum Gasteiger partial charge on any atom is -0.350 e. The fourth-order valence-corrected chi connectivity index (χ4v) is 3.43. The van der Waals surface area contributed by atoms with E-state index in [1.165, 1.54) is 24.3 Å². The number of benzene rings is 2. The first-order valence-electron chi connectivity index (χ1n) is 9.22. The monoisotopic (exact) mass is 421 g/mol. The highest BCUT2D eigenvalue weighted by Gasteiger charge is 2.39. The number of nitrogens with one attached hydrogen (secondary N) is 1. The molecule has 1 aliphatic rings. The van der Waals surface area contributed by atoms with E-state index in [2.05, 4.69) is 10.3 Å². The number of hydrogen-bond acceptors (Lipinski definition) is 4. The molecule has 0 atom stereocenters. The maximum atomic E-state index is 13.4. The van der Waals surface area contributed by atoms with Crippen LogP contribution in [0.5, 0.6) is 0 Å². The second kappa shape index (κ2) is 8.08. The number of aryl methyl sites for hydroxylation is 1. The summed E-state index contributed by atoms with van der Waals surface area (Å²) in [6.45, 7) is 1.97. The van der Waals surface area contributed by atoms with Gasteiger partial charge in [-0.15, -0.1) is 0 Å². The van der Waals surface area contributed by atoms with Gasteiger partial charge >= 0.3 is 0 Å². The van der Waals surface area contributed by atoms with Crippen molar-refractivity contribution in [2.75, 3.05) is 5.32 Å². The van der Waals surface area contributed by atoms with Gasteiger partial charge in [0.2, 0.25) is 0 Å². The van der Waals surface area contributed by atoms with Crippen molar-refractivity contribution >= 4 is 34.7 Å². The summed E-state index contributed by atoms with van der Waals surface area (Å²) in [7, 11) is 0. The molecule has 5 nitrogen and oxygen atoms in total. The van der Waals surface area contributed by atoms with Gasteiger partial charge in [-0.1, -0.05) is 29.8 Å². The number of carbonyl (C=O) groups is 2. The lowest BCUT2D eigenvalue weighted by Crippen LogP contribution is -2.32. The number of hydrogen-bond donors (Lipinski definition) is 1. The van der Waals surface area contributed by atoms with Crippen molar-refractivity contribution < 1.29 is 14.0 Å². The van der Waals surface area contributed by atoms with Crippen LogP contribution in [0.1, 0.15) is 16.7 Å². The number of imide groups is 1. The predicted molar refractivity (Wildman–Crippen MR) is 113 cm³/mol. The third-order valence-corrected chi connectivity index (χ3v) is 5.09. The van der Waals surface area contributed by atoms with Gasteiger partial charge in [0, 0.05) is 23.1 Å². The van der Waals surface area contributed by atoms with Crippen molar-refractivity contribution in [1.82, 2.24) is 9.88 Å². The van der Waals surface area contributed by atoms with E-state index in [0.29, 0.717) is 16.3 Å². The largest absolute Gasteiger partial charge is 0.350 e. The normalized spacial score (nSPS) is 13.9. The number of nitrogens with zero attached hydrogens (tertiary/aromatic N) is 2. The Labute approximate surface area is 177 Å². The molecule has 0 unspecified atom stereocenters. The number of halogens is 2. The standard InChI is InChI=1S/C23H17ClFN3O2/c1-14-2-5-17(24)12-19(14)27-21-20(16-3-6-18(25)7-4-16)22(29)28(23(21)30)13-15-8-10-26-11-9-15/h2-12,27H,13H2,1H3. The van der Waals surface area contributed by atoms with Crippen LogP contribution in [0.3, 0.4) is 0 Å². The van der Waals surface area contributed by atoms with Crippen LogP contribution in [0.4, 0.5) is 10.1 Å². The predicted octanol–water partition coefficient (Wildman–Crippen LogP) is 4.57. The molecule has 1 N–H and O–H groups in total. The summed E-state index contributed by atoms with van der Waals surface area (Å²) in [6, 6.07) is 14.2. The first-order valence-corrected chi connectivity index (χ1v) is 9.60. The van der Waals surface area contributed by atoms with Crippen molar-refractivity contribution in [3.63, 3.8) is 0 Å². The molecule has 4 rings (SSSR count). The smallest absolute Gasteiger partial charge is 0.278 e. The van der Waals surface area contributed by atoms with E-state index in [0.717, 1.165) is 16.0 Å². The quantitative estimate of drug-likeness (QED) is 0.613. The second-order valence-electron chi connectivity index (χ2n) is 6.89. The average molecular weight is 422 g/mol. The van der Waals surface area contributed by atoms with Crippen LogP contribution < -0.4 is 5.32 Å². The molecule has 0 radical (unpaired) electrons. The summed E-state index contributed by atoms with van der Waals surface area (Å²) < 4.78 is 13.4. The summed E-state index contributed by atoms with van der Waals surface area (Å²) in [6.07, 6.45) is 3.20. The summed E-state index contributed by atoms with van der Waals surface area (Å²) in [5.74, 6) is -1.34. The number of anilines is 1. The summed E-state index contributed by atoms with van der Waals surface area (Å²) in [5, 5.41) is 3.58. The molecule has 0 fully saturated rings. The highest BCUT2D eigenvalue weighted by molar-refractivity contribution is 6.36. The number of rotatable bonds is 5. The first-order chi connectivity index (χ1) is 14.4. The van der Waals surface area contributed by atoms with Crippen LogP contribution >= 0.6 is 11.6 Å². The molecule has 2 aromatic carbocycles. The molecular formula is C23H17ClFN3O2. The van der Waals surface area contributed by atoms with E-state index >= 15 is 0 Å². The summed E-state index contributed by atoms with van der Waals surface area (Å²) in [5.41, 5.74) is 3.01. The Morgan fingerprint density at radius 3 is 2.40 bits per heavy atom. The SMILES string of the molecule is Cc1ccc(Cl)cc1NC1=C(c2ccc(F)cc2)C(=O)N(Cc2ccncc2)C1=O. The molecule has 3 aromatic rings. The van der Waals surface area contributed by atoms with Gasteiger partial charge in [-0.05, 0) is 60.0 Å². The first kappa shape index (κ1) is 19.8. The van der Waals surface area contributed by atoms with Crippen molar-refractivity contribution in [2.24, 2.45) is 0 Å². The molecule has 2 heterocycles. The van der Waals surface area contributed by atoms with Crippen molar-refractivity contribution in [2.45, 2.75) is 13.5 Å². The van der Waals surface area contributed by atoms with Crippen molar-refractivity contribution in [3.8, 4) is 0 Å². The van der Waals surface area contributed by atoms with E-state index in [-0.39, 0.29) is 17.8 Å². The fraction of sp³-hybridized carbons (Fsp3) is 0.0870. The van der Waals surface area contributed by atoms with Gasteiger partial charge in [-0.2, -0.15) is 0 Å². The molecular weight excluding hydrogens is 405 g/mol. The Balaban J connectivity index is 1.77. The highest BCUT2D eigenvalue weighted by Crippen LogP contribution is 2.33. The number of aromatic nitrogens is 1. The van der Waals surface area contributed by atoms with Crippen molar-refractivity contribution in [3.05, 3.63) is 100 Å². The van der Waals surface area contributed by atoms with Gasteiger partial charge in [0.15, 0.2) is 0 Å². The van der Waals surface area contributed by atoms with Gasteiger partial charge in [-0.3, -0.25) is 19.5 Å². The van der Waals surface area contributed by atoms with Gasteiger partial charge in [0.1, 0.15) is 11.5 Å². The minimum absolute atomic E-state index is 0.102.